The van der Waals surface area contributed by atoms with Gasteiger partial charge in [0.1, 0.15) is 12.4 Å². The molecule has 1 aliphatic heterocycles. The molecule has 1 unspecified atom stereocenters. The highest BCUT2D eigenvalue weighted by Gasteiger charge is 2.23. The van der Waals surface area contributed by atoms with Crippen LogP contribution in [0, 0.1) is 5.82 Å². The zero-order valence-electron chi connectivity index (χ0n) is 18.0. The maximum absolute atomic E-state index is 13.9. The molecule has 0 bridgehead atoms. The number of aromatic nitrogens is 1. The van der Waals surface area contributed by atoms with Crippen molar-refractivity contribution in [1.82, 2.24) is 20.7 Å². The second-order valence-electron chi connectivity index (χ2n) is 7.67. The minimum atomic E-state index is -0.224. The molecule has 0 spiro atoms. The van der Waals surface area contributed by atoms with E-state index in [1.165, 1.54) is 6.07 Å². The van der Waals surface area contributed by atoms with Gasteiger partial charge in [-0.1, -0.05) is 31.1 Å². The fourth-order valence-corrected chi connectivity index (χ4v) is 3.43. The van der Waals surface area contributed by atoms with Gasteiger partial charge in [0.15, 0.2) is 11.7 Å². The van der Waals surface area contributed by atoms with Crippen LogP contribution in [0.2, 0.25) is 0 Å². The number of hydrogen-bond donors (Lipinski definition) is 2. The normalized spacial score (nSPS) is 16.6. The standard InChI is InChI=1S/C22H32FN5O2/c1-4-24-22(25-14-19-13-20(16(2)3)27-30-19)26-15-21(28-8-10-29-11-9-28)17-6-5-7-18(23)12-17/h5-7,12-13,16,21H,4,8-11,14-15H2,1-3H3,(H2,24,25,26). The first-order chi connectivity index (χ1) is 14.6. The lowest BCUT2D eigenvalue weighted by Gasteiger charge is -2.35. The number of benzene rings is 1. The minimum absolute atomic E-state index is 0.0197. The van der Waals surface area contributed by atoms with Crippen LogP contribution in [-0.4, -0.2) is 55.4 Å². The summed E-state index contributed by atoms with van der Waals surface area (Å²) < 4.78 is 24.7. The number of hydrogen-bond acceptors (Lipinski definition) is 5. The average Bonchev–Trinajstić information content (AvgIpc) is 3.22. The van der Waals surface area contributed by atoms with E-state index in [9.17, 15) is 4.39 Å². The predicted molar refractivity (Wildman–Crippen MR) is 115 cm³/mol. The topological polar surface area (TPSA) is 74.9 Å². The second-order valence-corrected chi connectivity index (χ2v) is 7.67. The van der Waals surface area contributed by atoms with Gasteiger partial charge in [0.05, 0.1) is 24.9 Å². The van der Waals surface area contributed by atoms with Gasteiger partial charge in [-0.05, 0) is 30.5 Å². The number of halogens is 1. The van der Waals surface area contributed by atoms with Crippen LogP contribution in [0.5, 0.6) is 0 Å². The summed E-state index contributed by atoms with van der Waals surface area (Å²) in [7, 11) is 0. The first-order valence-electron chi connectivity index (χ1n) is 10.6. The third kappa shape index (κ3) is 6.27. The lowest BCUT2D eigenvalue weighted by molar-refractivity contribution is 0.0169. The van der Waals surface area contributed by atoms with E-state index in [1.807, 2.05) is 19.1 Å². The van der Waals surface area contributed by atoms with Crippen molar-refractivity contribution in [3.8, 4) is 0 Å². The van der Waals surface area contributed by atoms with Crippen molar-refractivity contribution < 1.29 is 13.7 Å². The number of nitrogens with zero attached hydrogens (tertiary/aromatic N) is 3. The highest BCUT2D eigenvalue weighted by molar-refractivity contribution is 5.79. The lowest BCUT2D eigenvalue weighted by Crippen LogP contribution is -2.46. The first kappa shape index (κ1) is 22.2. The molecule has 3 rings (SSSR count). The summed E-state index contributed by atoms with van der Waals surface area (Å²) in [6.07, 6.45) is 0. The van der Waals surface area contributed by atoms with Crippen LogP contribution in [0.15, 0.2) is 39.8 Å². The van der Waals surface area contributed by atoms with Crippen LogP contribution >= 0.6 is 0 Å². The van der Waals surface area contributed by atoms with Crippen molar-refractivity contribution in [2.75, 3.05) is 39.4 Å². The molecule has 2 N–H and O–H groups in total. The summed E-state index contributed by atoms with van der Waals surface area (Å²) >= 11 is 0. The van der Waals surface area contributed by atoms with Gasteiger partial charge in [-0.2, -0.15) is 0 Å². The first-order valence-corrected chi connectivity index (χ1v) is 10.6. The van der Waals surface area contributed by atoms with Crippen molar-refractivity contribution in [1.29, 1.82) is 0 Å². The smallest absolute Gasteiger partial charge is 0.191 e. The summed E-state index contributed by atoms with van der Waals surface area (Å²) in [6, 6.07) is 8.77. The SMILES string of the molecule is CCNC(=NCc1cc(C(C)C)no1)NCC(c1cccc(F)c1)N1CCOCC1. The molecule has 0 aliphatic carbocycles. The molecule has 1 aliphatic rings. The van der Waals surface area contributed by atoms with E-state index in [2.05, 4.69) is 39.5 Å². The fourth-order valence-electron chi connectivity index (χ4n) is 3.43. The molecule has 1 atom stereocenters. The Hall–Kier alpha value is -2.45. The van der Waals surface area contributed by atoms with Gasteiger partial charge >= 0.3 is 0 Å². The zero-order valence-corrected chi connectivity index (χ0v) is 18.0. The van der Waals surface area contributed by atoms with Gasteiger partial charge in [-0.15, -0.1) is 0 Å². The maximum Gasteiger partial charge on any atom is 0.191 e. The van der Waals surface area contributed by atoms with Crippen LogP contribution < -0.4 is 10.6 Å². The van der Waals surface area contributed by atoms with Crippen molar-refractivity contribution in [2.45, 2.75) is 39.3 Å². The summed E-state index contributed by atoms with van der Waals surface area (Å²) in [6.45, 7) is 10.9. The van der Waals surface area contributed by atoms with Gasteiger partial charge in [0, 0.05) is 32.2 Å². The van der Waals surface area contributed by atoms with E-state index >= 15 is 0 Å². The van der Waals surface area contributed by atoms with Crippen molar-refractivity contribution in [3.63, 3.8) is 0 Å². The zero-order chi connectivity index (χ0) is 21.3. The Balaban J connectivity index is 1.69. The van der Waals surface area contributed by atoms with Gasteiger partial charge in [0.25, 0.3) is 0 Å². The van der Waals surface area contributed by atoms with Crippen LogP contribution in [0.1, 0.15) is 49.7 Å². The van der Waals surface area contributed by atoms with E-state index < -0.39 is 0 Å². The van der Waals surface area contributed by atoms with Crippen molar-refractivity contribution in [3.05, 3.63) is 53.2 Å². The van der Waals surface area contributed by atoms with Crippen LogP contribution in [0.4, 0.5) is 4.39 Å². The monoisotopic (exact) mass is 417 g/mol. The van der Waals surface area contributed by atoms with E-state index in [-0.39, 0.29) is 11.9 Å². The molecule has 1 aromatic heterocycles. The molecule has 1 saturated heterocycles. The molecule has 0 radical (unpaired) electrons. The van der Waals surface area contributed by atoms with Gasteiger partial charge in [-0.3, -0.25) is 4.90 Å². The Morgan fingerprint density at radius 3 is 2.70 bits per heavy atom. The summed E-state index contributed by atoms with van der Waals surface area (Å²) in [5, 5.41) is 10.8. The van der Waals surface area contributed by atoms with Crippen LogP contribution in [-0.2, 0) is 11.3 Å². The summed E-state index contributed by atoms with van der Waals surface area (Å²) in [4.78, 5) is 6.95. The lowest BCUT2D eigenvalue weighted by atomic mass is 10.0. The number of morpholine rings is 1. The average molecular weight is 418 g/mol. The largest absolute Gasteiger partial charge is 0.379 e. The third-order valence-electron chi connectivity index (χ3n) is 5.09. The summed E-state index contributed by atoms with van der Waals surface area (Å²) in [5.74, 6) is 1.51. The molecular weight excluding hydrogens is 385 g/mol. The van der Waals surface area contributed by atoms with E-state index in [0.717, 1.165) is 36.7 Å². The molecule has 1 aromatic carbocycles. The quantitative estimate of drug-likeness (QED) is 0.508. The highest BCUT2D eigenvalue weighted by atomic mass is 19.1. The molecule has 0 amide bonds. The number of rotatable bonds is 8. The van der Waals surface area contributed by atoms with Gasteiger partial charge in [0.2, 0.25) is 0 Å². The van der Waals surface area contributed by atoms with E-state index in [0.29, 0.717) is 38.2 Å². The second kappa shape index (κ2) is 11.1. The molecule has 2 aromatic rings. The minimum Gasteiger partial charge on any atom is -0.379 e. The van der Waals surface area contributed by atoms with E-state index in [1.54, 1.807) is 12.1 Å². The maximum atomic E-state index is 13.9. The molecule has 2 heterocycles. The van der Waals surface area contributed by atoms with Crippen molar-refractivity contribution in [2.24, 2.45) is 4.99 Å². The Morgan fingerprint density at radius 1 is 1.23 bits per heavy atom. The molecule has 30 heavy (non-hydrogen) atoms. The highest BCUT2D eigenvalue weighted by Crippen LogP contribution is 2.22. The number of guanidine groups is 1. The number of ether oxygens (including phenoxy) is 1. The molecule has 1 fully saturated rings. The fraction of sp³-hybridized carbons (Fsp3) is 0.545. The molecular formula is C22H32FN5O2. The van der Waals surface area contributed by atoms with E-state index in [4.69, 9.17) is 9.26 Å². The number of nitrogens with one attached hydrogen (secondary N) is 2. The van der Waals surface area contributed by atoms with Gasteiger partial charge in [-0.25, -0.2) is 9.38 Å². The predicted octanol–water partition coefficient (Wildman–Crippen LogP) is 3.07. The third-order valence-corrected chi connectivity index (χ3v) is 5.09. The molecule has 0 saturated carbocycles. The van der Waals surface area contributed by atoms with Crippen molar-refractivity contribution >= 4 is 5.96 Å². The molecule has 8 heteroatoms. The summed E-state index contributed by atoms with van der Waals surface area (Å²) in [5.41, 5.74) is 1.87. The van der Waals surface area contributed by atoms with Gasteiger partial charge < -0.3 is 19.9 Å². The van der Waals surface area contributed by atoms with Crippen LogP contribution in [0.25, 0.3) is 0 Å². The Bertz CT molecular complexity index is 817. The van der Waals surface area contributed by atoms with Crippen LogP contribution in [0.3, 0.4) is 0 Å². The molecule has 164 valence electrons. The Kier molecular flexibility index (Phi) is 8.21. The Morgan fingerprint density at radius 2 is 2.03 bits per heavy atom. The Labute approximate surface area is 177 Å². The number of aliphatic imine (C=N–C) groups is 1. The molecule has 7 nitrogen and oxygen atoms in total.